The monoisotopic (exact) mass is 593 g/mol. The van der Waals surface area contributed by atoms with E-state index in [9.17, 15) is 24.3 Å². The molecule has 1 saturated heterocycles. The Morgan fingerprint density at radius 3 is 2.51 bits per heavy atom. The summed E-state index contributed by atoms with van der Waals surface area (Å²) in [6.07, 6.45) is 7.51. The maximum Gasteiger partial charge on any atom is 0.408 e. The highest BCUT2D eigenvalue weighted by molar-refractivity contribution is 5.90. The molecule has 2 aliphatic carbocycles. The standard InChI is InChI=1S/C33H43N3O7/c1-20-14-15-27-24(20)12-3-2-8-16-35-28(17-22-11-6-7-13-25(22)30(35)37)42-23-18-26(32(39)40)36(19-23)31(38)29(34-33(41)43-27)21-9-4-5-10-21/h6-7,11,13,17,20-21,23-24,26-27,29H,2-5,8-10,12,14-16,18-19H2,1H3,(H,34,41)(H,39,40)/t20?,23-,24-,26+,27-,29+/m1/s1. The molecule has 3 heterocycles. The summed E-state index contributed by atoms with van der Waals surface area (Å²) in [5.74, 6) is -0.539. The Kier molecular flexibility index (Phi) is 8.63. The predicted molar refractivity (Wildman–Crippen MR) is 160 cm³/mol. The average molecular weight is 594 g/mol. The van der Waals surface area contributed by atoms with E-state index < -0.39 is 36.2 Å². The van der Waals surface area contributed by atoms with Crippen LogP contribution >= 0.6 is 0 Å². The molecule has 2 amide bonds. The summed E-state index contributed by atoms with van der Waals surface area (Å²) in [6.45, 7) is 2.74. The molecule has 3 fully saturated rings. The number of carbonyl (C=O) groups excluding carboxylic acids is 2. The Morgan fingerprint density at radius 2 is 1.72 bits per heavy atom. The fourth-order valence-electron chi connectivity index (χ4n) is 7.93. The molecule has 10 nitrogen and oxygen atoms in total. The third-order valence-corrected chi connectivity index (χ3v) is 10.3. The van der Waals surface area contributed by atoms with E-state index >= 15 is 0 Å². The molecule has 4 aliphatic rings. The molecule has 2 aromatic rings. The van der Waals surface area contributed by atoms with Gasteiger partial charge in [0, 0.05) is 24.4 Å². The lowest BCUT2D eigenvalue weighted by molar-refractivity contribution is -0.149. The van der Waals surface area contributed by atoms with E-state index in [4.69, 9.17) is 9.47 Å². The second-order valence-corrected chi connectivity index (χ2v) is 13.0. The minimum atomic E-state index is -1.11. The van der Waals surface area contributed by atoms with Crippen molar-refractivity contribution in [3.63, 3.8) is 0 Å². The van der Waals surface area contributed by atoms with Crippen LogP contribution in [0.15, 0.2) is 35.1 Å². The number of benzene rings is 1. The number of hydrogen-bond donors (Lipinski definition) is 2. The molecule has 0 radical (unpaired) electrons. The van der Waals surface area contributed by atoms with Crippen molar-refractivity contribution in [3.8, 4) is 5.88 Å². The zero-order chi connectivity index (χ0) is 30.1. The van der Waals surface area contributed by atoms with Crippen LogP contribution in [-0.2, 0) is 20.9 Å². The van der Waals surface area contributed by atoms with Crippen LogP contribution in [0, 0.1) is 17.8 Å². The van der Waals surface area contributed by atoms with Crippen LogP contribution in [0.25, 0.3) is 10.8 Å². The number of nitrogens with one attached hydrogen (secondary N) is 1. The van der Waals surface area contributed by atoms with Gasteiger partial charge in [0.25, 0.3) is 5.56 Å². The molecule has 2 N–H and O–H groups in total. The van der Waals surface area contributed by atoms with Crippen molar-refractivity contribution in [2.45, 2.75) is 108 Å². The first kappa shape index (κ1) is 29.5. The Labute approximate surface area is 251 Å². The van der Waals surface area contributed by atoms with Crippen LogP contribution in [-0.4, -0.2) is 63.4 Å². The number of carboxylic acids is 1. The summed E-state index contributed by atoms with van der Waals surface area (Å²) in [5, 5.41) is 14.4. The largest absolute Gasteiger partial charge is 0.480 e. The Balaban J connectivity index is 1.35. The second kappa shape index (κ2) is 12.6. The van der Waals surface area contributed by atoms with E-state index in [2.05, 4.69) is 12.2 Å². The van der Waals surface area contributed by atoms with E-state index in [0.29, 0.717) is 23.7 Å². The Hall–Kier alpha value is -3.56. The minimum absolute atomic E-state index is 0.0545. The number of nitrogens with zero attached hydrogens (tertiary/aromatic N) is 2. The molecule has 10 heteroatoms. The summed E-state index contributed by atoms with van der Waals surface area (Å²) in [7, 11) is 0. The van der Waals surface area contributed by atoms with Crippen molar-refractivity contribution < 1.29 is 29.0 Å². The summed E-state index contributed by atoms with van der Waals surface area (Å²) in [6, 6.07) is 7.29. The van der Waals surface area contributed by atoms with Crippen LogP contribution < -0.4 is 15.6 Å². The van der Waals surface area contributed by atoms with Crippen molar-refractivity contribution in [1.29, 1.82) is 0 Å². The molecular formula is C33H43N3O7. The van der Waals surface area contributed by atoms with Crippen LogP contribution in [0.1, 0.15) is 77.6 Å². The van der Waals surface area contributed by atoms with E-state index in [0.717, 1.165) is 69.6 Å². The van der Waals surface area contributed by atoms with Gasteiger partial charge < -0.3 is 24.8 Å². The van der Waals surface area contributed by atoms with Crippen molar-refractivity contribution in [2.24, 2.45) is 17.8 Å². The lowest BCUT2D eigenvalue weighted by Gasteiger charge is -2.31. The van der Waals surface area contributed by atoms with E-state index in [-0.39, 0.29) is 36.5 Å². The van der Waals surface area contributed by atoms with Crippen LogP contribution in [0.5, 0.6) is 5.88 Å². The lowest BCUT2D eigenvalue weighted by atomic mass is 9.90. The van der Waals surface area contributed by atoms with Gasteiger partial charge in [-0.1, -0.05) is 50.8 Å². The number of ether oxygens (including phenoxy) is 2. The zero-order valence-electron chi connectivity index (χ0n) is 24.9. The number of fused-ring (bicyclic) bond motifs is 5. The summed E-state index contributed by atoms with van der Waals surface area (Å²) >= 11 is 0. The molecule has 2 saturated carbocycles. The SMILES string of the molecule is CC1CC[C@H]2OC(=O)N[C@@H](C3CCCC3)C(=O)N3C[C@@H](C[C@H]3C(=O)O)Oc3cc4ccccc4c(=O)n3CCCCC[C@H]12. The normalized spacial score (nSPS) is 31.0. The predicted octanol–water partition coefficient (Wildman–Crippen LogP) is 4.71. The molecule has 2 aliphatic heterocycles. The summed E-state index contributed by atoms with van der Waals surface area (Å²) in [4.78, 5) is 54.7. The molecule has 1 unspecified atom stereocenters. The number of pyridine rings is 1. The number of rotatable bonds is 2. The maximum absolute atomic E-state index is 14.1. The Morgan fingerprint density at radius 1 is 0.953 bits per heavy atom. The highest BCUT2D eigenvalue weighted by Gasteiger charge is 2.46. The first-order valence-corrected chi connectivity index (χ1v) is 16.1. The molecule has 1 aromatic carbocycles. The van der Waals surface area contributed by atoms with E-state index in [1.165, 1.54) is 4.90 Å². The molecule has 6 rings (SSSR count). The van der Waals surface area contributed by atoms with E-state index in [1.54, 1.807) is 4.57 Å². The van der Waals surface area contributed by atoms with Crippen molar-refractivity contribution in [3.05, 3.63) is 40.7 Å². The molecule has 0 spiro atoms. The van der Waals surface area contributed by atoms with Gasteiger partial charge in [0.2, 0.25) is 5.91 Å². The Bertz CT molecular complexity index is 1420. The number of alkyl carbamates (subject to hydrolysis) is 1. The van der Waals surface area contributed by atoms with Gasteiger partial charge in [0.05, 0.1) is 6.54 Å². The topological polar surface area (TPSA) is 127 Å². The first-order chi connectivity index (χ1) is 20.8. The van der Waals surface area contributed by atoms with Gasteiger partial charge in [-0.2, -0.15) is 0 Å². The van der Waals surface area contributed by atoms with Gasteiger partial charge in [0.1, 0.15) is 24.3 Å². The third kappa shape index (κ3) is 6.10. The molecule has 43 heavy (non-hydrogen) atoms. The lowest BCUT2D eigenvalue weighted by Crippen LogP contribution is -2.55. The minimum Gasteiger partial charge on any atom is -0.480 e. The van der Waals surface area contributed by atoms with Crippen molar-refractivity contribution in [2.75, 3.05) is 6.54 Å². The quantitative estimate of drug-likeness (QED) is 0.516. The summed E-state index contributed by atoms with van der Waals surface area (Å²) < 4.78 is 14.0. The van der Waals surface area contributed by atoms with Gasteiger partial charge in [-0.05, 0) is 67.7 Å². The van der Waals surface area contributed by atoms with Gasteiger partial charge in [-0.3, -0.25) is 14.2 Å². The molecule has 6 atom stereocenters. The van der Waals surface area contributed by atoms with Crippen LogP contribution in [0.3, 0.4) is 0 Å². The number of aliphatic carboxylic acids is 1. The smallest absolute Gasteiger partial charge is 0.408 e. The highest BCUT2D eigenvalue weighted by Crippen LogP contribution is 2.38. The maximum atomic E-state index is 14.1. The van der Waals surface area contributed by atoms with Gasteiger partial charge in [-0.25, -0.2) is 9.59 Å². The average Bonchev–Trinajstić information content (AvgIpc) is 3.74. The van der Waals surface area contributed by atoms with Gasteiger partial charge in [0.15, 0.2) is 5.88 Å². The fourth-order valence-corrected chi connectivity index (χ4v) is 7.93. The zero-order valence-corrected chi connectivity index (χ0v) is 24.9. The van der Waals surface area contributed by atoms with Gasteiger partial charge >= 0.3 is 12.1 Å². The second-order valence-electron chi connectivity index (χ2n) is 13.0. The van der Waals surface area contributed by atoms with Gasteiger partial charge in [-0.15, -0.1) is 0 Å². The number of carbonyl (C=O) groups is 3. The van der Waals surface area contributed by atoms with Crippen molar-refractivity contribution >= 4 is 28.7 Å². The van der Waals surface area contributed by atoms with Crippen LogP contribution in [0.4, 0.5) is 4.79 Å². The molecule has 1 aromatic heterocycles. The molecule has 232 valence electrons. The number of hydrogen-bond acceptors (Lipinski definition) is 6. The number of amides is 2. The number of aromatic nitrogens is 1. The highest BCUT2D eigenvalue weighted by atomic mass is 16.6. The fraction of sp³-hybridized carbons (Fsp3) is 0.636. The first-order valence-electron chi connectivity index (χ1n) is 16.1. The van der Waals surface area contributed by atoms with Crippen LogP contribution in [0.2, 0.25) is 0 Å². The van der Waals surface area contributed by atoms with Crippen molar-refractivity contribution in [1.82, 2.24) is 14.8 Å². The molecule has 2 bridgehead atoms. The number of carboxylic acid groups (broad SMARTS) is 1. The molecular weight excluding hydrogens is 550 g/mol. The van der Waals surface area contributed by atoms with E-state index in [1.807, 2.05) is 30.3 Å². The summed E-state index contributed by atoms with van der Waals surface area (Å²) in [5.41, 5.74) is -0.134. The third-order valence-electron chi connectivity index (χ3n) is 10.3.